The first-order valence-electron chi connectivity index (χ1n) is 5.74. The number of aryl methyl sites for hydroxylation is 1. The third-order valence-electron chi connectivity index (χ3n) is 2.42. The monoisotopic (exact) mass is 295 g/mol. The largest absolute Gasteiger partial charge is 0.480 e. The number of carbonyl (C=O) groups is 2. The minimum atomic E-state index is -1.12. The van der Waals surface area contributed by atoms with Crippen molar-refractivity contribution in [3.63, 3.8) is 0 Å². The van der Waals surface area contributed by atoms with Crippen LogP contribution in [0.3, 0.4) is 0 Å². The number of aromatic amines is 1. The summed E-state index contributed by atoms with van der Waals surface area (Å²) in [5, 5.41) is 14.4. The van der Waals surface area contributed by atoms with Crippen molar-refractivity contribution >= 4 is 28.5 Å². The van der Waals surface area contributed by atoms with Crippen molar-refractivity contribution in [1.29, 1.82) is 0 Å². The summed E-state index contributed by atoms with van der Waals surface area (Å²) in [6.07, 6.45) is 4.71. The van der Waals surface area contributed by atoms with Gasteiger partial charge in [0.15, 0.2) is 5.13 Å². The Morgan fingerprint density at radius 1 is 1.50 bits per heavy atom. The third kappa shape index (κ3) is 3.79. The lowest BCUT2D eigenvalue weighted by Crippen LogP contribution is -2.44. The summed E-state index contributed by atoms with van der Waals surface area (Å²) >= 11 is 1.31. The maximum atomic E-state index is 11.7. The number of anilines is 1. The molecule has 0 aromatic carbocycles. The van der Waals surface area contributed by atoms with Crippen molar-refractivity contribution in [2.75, 3.05) is 5.32 Å². The second kappa shape index (κ2) is 6.15. The van der Waals surface area contributed by atoms with Crippen LogP contribution >= 0.6 is 11.3 Å². The topological polar surface area (TPSA) is 120 Å². The maximum absolute atomic E-state index is 11.7. The molecule has 0 radical (unpaired) electrons. The first-order valence-corrected chi connectivity index (χ1v) is 6.56. The van der Waals surface area contributed by atoms with E-state index in [1.165, 1.54) is 23.9 Å². The van der Waals surface area contributed by atoms with Crippen LogP contribution in [-0.4, -0.2) is 38.1 Å². The zero-order valence-electron chi connectivity index (χ0n) is 10.6. The van der Waals surface area contributed by atoms with Crippen molar-refractivity contribution in [1.82, 2.24) is 20.3 Å². The summed E-state index contributed by atoms with van der Waals surface area (Å²) in [6, 6.07) is -1.65. The molecule has 4 N–H and O–H groups in total. The highest BCUT2D eigenvalue weighted by Crippen LogP contribution is 2.16. The van der Waals surface area contributed by atoms with E-state index in [0.29, 0.717) is 10.8 Å². The number of nitrogens with one attached hydrogen (secondary N) is 3. The number of amides is 2. The zero-order valence-corrected chi connectivity index (χ0v) is 11.4. The number of carboxylic acids is 1. The van der Waals surface area contributed by atoms with Crippen LogP contribution in [0.25, 0.3) is 0 Å². The van der Waals surface area contributed by atoms with E-state index < -0.39 is 18.0 Å². The van der Waals surface area contributed by atoms with Gasteiger partial charge < -0.3 is 15.4 Å². The van der Waals surface area contributed by atoms with Crippen molar-refractivity contribution in [3.8, 4) is 0 Å². The van der Waals surface area contributed by atoms with Crippen LogP contribution in [0, 0.1) is 6.92 Å². The van der Waals surface area contributed by atoms with Gasteiger partial charge in [-0.25, -0.2) is 19.6 Å². The van der Waals surface area contributed by atoms with Crippen LogP contribution in [0.15, 0.2) is 18.7 Å². The van der Waals surface area contributed by atoms with Gasteiger partial charge in [0, 0.05) is 29.4 Å². The smallest absolute Gasteiger partial charge is 0.326 e. The van der Waals surface area contributed by atoms with Gasteiger partial charge in [-0.1, -0.05) is 0 Å². The van der Waals surface area contributed by atoms with Gasteiger partial charge in [-0.05, 0) is 6.92 Å². The van der Waals surface area contributed by atoms with E-state index in [2.05, 4.69) is 25.6 Å². The van der Waals surface area contributed by atoms with Crippen LogP contribution in [0.4, 0.5) is 9.93 Å². The zero-order chi connectivity index (χ0) is 14.5. The van der Waals surface area contributed by atoms with E-state index in [1.54, 1.807) is 6.20 Å². The number of rotatable bonds is 5. The Hall–Kier alpha value is -2.42. The minimum absolute atomic E-state index is 0.125. The predicted octanol–water partition coefficient (Wildman–Crippen LogP) is 0.992. The van der Waals surface area contributed by atoms with E-state index in [-0.39, 0.29) is 6.42 Å². The summed E-state index contributed by atoms with van der Waals surface area (Å²) < 4.78 is 0. The minimum Gasteiger partial charge on any atom is -0.480 e. The predicted molar refractivity (Wildman–Crippen MR) is 72.7 cm³/mol. The SMILES string of the molecule is Cc1cnc(NC(=O)NC(Cc2cnc[nH]2)C(=O)O)s1. The molecule has 106 valence electrons. The molecule has 1 unspecified atom stereocenters. The number of nitrogens with zero attached hydrogens (tertiary/aromatic N) is 2. The molecule has 0 fully saturated rings. The number of aliphatic carboxylic acids is 1. The van der Waals surface area contributed by atoms with Crippen molar-refractivity contribution in [3.05, 3.63) is 29.3 Å². The van der Waals surface area contributed by atoms with Gasteiger partial charge in [0.1, 0.15) is 6.04 Å². The van der Waals surface area contributed by atoms with Crippen molar-refractivity contribution < 1.29 is 14.7 Å². The molecular weight excluding hydrogens is 282 g/mol. The van der Waals surface area contributed by atoms with E-state index in [0.717, 1.165) is 4.88 Å². The van der Waals surface area contributed by atoms with E-state index in [1.807, 2.05) is 6.92 Å². The summed E-state index contributed by atoms with van der Waals surface area (Å²) in [5.74, 6) is -1.12. The first kappa shape index (κ1) is 14.0. The Bertz CT molecular complexity index is 595. The number of H-pyrrole nitrogens is 1. The first-order chi connectivity index (χ1) is 9.54. The fraction of sp³-hybridized carbons (Fsp3) is 0.273. The summed E-state index contributed by atoms with van der Waals surface area (Å²) in [4.78, 5) is 34.4. The number of carbonyl (C=O) groups excluding carboxylic acids is 1. The van der Waals surface area contributed by atoms with Crippen LogP contribution < -0.4 is 10.6 Å². The highest BCUT2D eigenvalue weighted by molar-refractivity contribution is 7.15. The standard InChI is InChI=1S/C11H13N5O3S/c1-6-3-13-11(20-6)16-10(19)15-8(9(17)18)2-7-4-12-5-14-7/h3-5,8H,2H2,1H3,(H,12,14)(H,17,18)(H2,13,15,16,19). The Labute approximate surface area is 118 Å². The maximum Gasteiger partial charge on any atom is 0.326 e. The van der Waals surface area contributed by atoms with Crippen LogP contribution in [0.5, 0.6) is 0 Å². The summed E-state index contributed by atoms with van der Waals surface area (Å²) in [7, 11) is 0. The van der Waals surface area contributed by atoms with Gasteiger partial charge in [-0.2, -0.15) is 0 Å². The molecule has 2 heterocycles. The molecular formula is C11H13N5O3S. The second-order valence-corrected chi connectivity index (χ2v) is 5.28. The molecule has 0 saturated carbocycles. The van der Waals surface area contributed by atoms with Gasteiger partial charge in [-0.3, -0.25) is 5.32 Å². The fourth-order valence-corrected chi connectivity index (χ4v) is 2.18. The summed E-state index contributed by atoms with van der Waals surface area (Å²) in [6.45, 7) is 1.86. The van der Waals surface area contributed by atoms with Crippen LogP contribution in [0.1, 0.15) is 10.6 Å². The molecule has 0 bridgehead atoms. The molecule has 8 nitrogen and oxygen atoms in total. The molecule has 2 amide bonds. The lowest BCUT2D eigenvalue weighted by atomic mass is 10.2. The van der Waals surface area contributed by atoms with E-state index in [9.17, 15) is 9.59 Å². The average molecular weight is 295 g/mol. The van der Waals surface area contributed by atoms with Crippen molar-refractivity contribution in [2.24, 2.45) is 0 Å². The molecule has 2 aromatic rings. The van der Waals surface area contributed by atoms with Gasteiger partial charge in [0.05, 0.1) is 6.33 Å². The van der Waals surface area contributed by atoms with Crippen molar-refractivity contribution in [2.45, 2.75) is 19.4 Å². The fourth-order valence-electron chi connectivity index (χ4n) is 1.52. The number of hydrogen-bond acceptors (Lipinski definition) is 5. The number of hydrogen-bond donors (Lipinski definition) is 4. The molecule has 0 spiro atoms. The van der Waals surface area contributed by atoms with E-state index >= 15 is 0 Å². The highest BCUT2D eigenvalue weighted by Gasteiger charge is 2.21. The Morgan fingerprint density at radius 3 is 2.85 bits per heavy atom. The number of imidazole rings is 1. The molecule has 1 atom stereocenters. The molecule has 0 aliphatic rings. The second-order valence-electron chi connectivity index (χ2n) is 4.05. The molecule has 9 heteroatoms. The molecule has 0 saturated heterocycles. The molecule has 20 heavy (non-hydrogen) atoms. The Balaban J connectivity index is 1.94. The van der Waals surface area contributed by atoms with Gasteiger partial charge >= 0.3 is 12.0 Å². The molecule has 0 aliphatic carbocycles. The Morgan fingerprint density at radius 2 is 2.30 bits per heavy atom. The van der Waals surface area contributed by atoms with E-state index in [4.69, 9.17) is 5.11 Å². The number of carboxylic acid groups (broad SMARTS) is 1. The third-order valence-corrected chi connectivity index (χ3v) is 3.25. The quantitative estimate of drug-likeness (QED) is 0.655. The highest BCUT2D eigenvalue weighted by atomic mass is 32.1. The van der Waals surface area contributed by atoms with Crippen LogP contribution in [-0.2, 0) is 11.2 Å². The van der Waals surface area contributed by atoms with Gasteiger partial charge in [0.2, 0.25) is 0 Å². The number of thiazole rings is 1. The molecule has 2 rings (SSSR count). The number of aromatic nitrogens is 3. The van der Waals surface area contributed by atoms with Gasteiger partial charge in [-0.15, -0.1) is 11.3 Å². The van der Waals surface area contributed by atoms with Crippen LogP contribution in [0.2, 0.25) is 0 Å². The number of urea groups is 1. The average Bonchev–Trinajstić information content (AvgIpc) is 3.00. The lowest BCUT2D eigenvalue weighted by Gasteiger charge is -2.13. The lowest BCUT2D eigenvalue weighted by molar-refractivity contribution is -0.139. The van der Waals surface area contributed by atoms with Gasteiger partial charge in [0.25, 0.3) is 0 Å². The normalized spacial score (nSPS) is 11.8. The molecule has 2 aromatic heterocycles. The summed E-state index contributed by atoms with van der Waals surface area (Å²) in [5.41, 5.74) is 0.628. The molecule has 0 aliphatic heterocycles. The Kier molecular flexibility index (Phi) is 4.31.